The highest BCUT2D eigenvalue weighted by atomic mass is 35.5. The number of benzene rings is 2. The predicted molar refractivity (Wildman–Crippen MR) is 103 cm³/mol. The number of hydrogen-bond acceptors (Lipinski definition) is 6. The fourth-order valence-electron chi connectivity index (χ4n) is 2.67. The SMILES string of the molecule is COC(=O)COc1ccc(CN(C(=O)CCl)c2ccc3c(c2)OCCO3)cc1. The van der Waals surface area contributed by atoms with E-state index in [0.717, 1.165) is 5.56 Å². The number of halogens is 1. The van der Waals surface area contributed by atoms with Crippen molar-refractivity contribution >= 4 is 29.2 Å². The number of hydrogen-bond donors (Lipinski definition) is 0. The third kappa shape index (κ3) is 4.86. The van der Waals surface area contributed by atoms with Crippen LogP contribution in [0.2, 0.25) is 0 Å². The number of amides is 1. The second-order valence-electron chi connectivity index (χ2n) is 5.95. The van der Waals surface area contributed by atoms with Crippen molar-refractivity contribution in [1.29, 1.82) is 0 Å². The number of fused-ring (bicyclic) bond motifs is 1. The molecular formula is C20H20ClNO6. The molecule has 2 aromatic rings. The van der Waals surface area contributed by atoms with Crippen LogP contribution in [0.15, 0.2) is 42.5 Å². The van der Waals surface area contributed by atoms with E-state index in [1.54, 1.807) is 35.2 Å². The molecule has 0 aromatic heterocycles. The molecule has 0 saturated carbocycles. The van der Waals surface area contributed by atoms with Crippen LogP contribution < -0.4 is 19.1 Å². The van der Waals surface area contributed by atoms with Gasteiger partial charge in [-0.25, -0.2) is 4.79 Å². The zero-order valence-electron chi connectivity index (χ0n) is 15.4. The van der Waals surface area contributed by atoms with E-state index in [9.17, 15) is 9.59 Å². The Bertz CT molecular complexity index is 839. The molecule has 0 aliphatic carbocycles. The number of alkyl halides is 1. The van der Waals surface area contributed by atoms with Crippen LogP contribution in [0.4, 0.5) is 5.69 Å². The maximum Gasteiger partial charge on any atom is 0.343 e. The van der Waals surface area contributed by atoms with Crippen LogP contribution in [0.25, 0.3) is 0 Å². The van der Waals surface area contributed by atoms with E-state index in [4.69, 9.17) is 25.8 Å². The minimum absolute atomic E-state index is 0.144. The molecule has 0 radical (unpaired) electrons. The molecule has 1 heterocycles. The summed E-state index contributed by atoms with van der Waals surface area (Å²) < 4.78 is 21.0. The topological polar surface area (TPSA) is 74.3 Å². The Hall–Kier alpha value is -2.93. The van der Waals surface area contributed by atoms with Gasteiger partial charge in [-0.3, -0.25) is 4.79 Å². The second-order valence-corrected chi connectivity index (χ2v) is 6.22. The van der Waals surface area contributed by atoms with Gasteiger partial charge >= 0.3 is 5.97 Å². The van der Waals surface area contributed by atoms with E-state index in [2.05, 4.69) is 4.74 Å². The molecule has 7 nitrogen and oxygen atoms in total. The molecule has 148 valence electrons. The van der Waals surface area contributed by atoms with E-state index in [1.807, 2.05) is 12.1 Å². The predicted octanol–water partition coefficient (Wildman–Crippen LogP) is 2.78. The Balaban J connectivity index is 1.74. The highest BCUT2D eigenvalue weighted by Crippen LogP contribution is 2.34. The maximum atomic E-state index is 12.4. The first-order chi connectivity index (χ1) is 13.6. The van der Waals surface area contributed by atoms with Crippen LogP contribution in [0.1, 0.15) is 5.56 Å². The number of anilines is 1. The lowest BCUT2D eigenvalue weighted by Gasteiger charge is -2.25. The van der Waals surface area contributed by atoms with Crippen molar-refractivity contribution in [2.75, 3.05) is 37.7 Å². The monoisotopic (exact) mass is 405 g/mol. The van der Waals surface area contributed by atoms with Gasteiger partial charge in [-0.05, 0) is 29.8 Å². The molecule has 0 bridgehead atoms. The lowest BCUT2D eigenvalue weighted by molar-refractivity contribution is -0.142. The van der Waals surface area contributed by atoms with Gasteiger partial charge in [0.15, 0.2) is 18.1 Å². The van der Waals surface area contributed by atoms with Crippen molar-refractivity contribution in [2.24, 2.45) is 0 Å². The zero-order chi connectivity index (χ0) is 19.9. The summed E-state index contributed by atoms with van der Waals surface area (Å²) in [6.45, 7) is 1.13. The first-order valence-corrected chi connectivity index (χ1v) is 9.18. The quantitative estimate of drug-likeness (QED) is 0.521. The van der Waals surface area contributed by atoms with Crippen molar-refractivity contribution in [3.8, 4) is 17.2 Å². The maximum absolute atomic E-state index is 12.4. The first kappa shape index (κ1) is 19.8. The minimum atomic E-state index is -0.457. The largest absolute Gasteiger partial charge is 0.486 e. The minimum Gasteiger partial charge on any atom is -0.486 e. The first-order valence-electron chi connectivity index (χ1n) is 8.65. The molecule has 28 heavy (non-hydrogen) atoms. The highest BCUT2D eigenvalue weighted by Gasteiger charge is 2.19. The highest BCUT2D eigenvalue weighted by molar-refractivity contribution is 6.29. The molecule has 1 aliphatic heterocycles. The van der Waals surface area contributed by atoms with E-state index in [-0.39, 0.29) is 18.4 Å². The summed E-state index contributed by atoms with van der Waals surface area (Å²) in [7, 11) is 1.30. The standard InChI is InChI=1S/C20H20ClNO6/c1-25-20(24)13-28-16-5-2-14(3-6-16)12-22(19(23)11-21)15-4-7-17-18(10-15)27-9-8-26-17/h2-7,10H,8-9,11-13H2,1H3. The molecule has 1 amide bonds. The molecule has 1 aliphatic rings. The Morgan fingerprint density at radius 2 is 1.79 bits per heavy atom. The van der Waals surface area contributed by atoms with Gasteiger partial charge in [-0.1, -0.05) is 12.1 Å². The summed E-state index contributed by atoms with van der Waals surface area (Å²) in [6, 6.07) is 12.4. The van der Waals surface area contributed by atoms with Gasteiger partial charge < -0.3 is 23.8 Å². The summed E-state index contributed by atoms with van der Waals surface area (Å²) in [6.07, 6.45) is 0. The van der Waals surface area contributed by atoms with Crippen LogP contribution in [0.5, 0.6) is 17.2 Å². The number of ether oxygens (including phenoxy) is 4. The van der Waals surface area contributed by atoms with Crippen LogP contribution in [0.3, 0.4) is 0 Å². The Labute approximate surface area is 167 Å². The number of rotatable bonds is 7. The Kier molecular flexibility index (Phi) is 6.60. The molecule has 8 heteroatoms. The summed E-state index contributed by atoms with van der Waals surface area (Å²) >= 11 is 5.81. The third-order valence-electron chi connectivity index (χ3n) is 4.10. The van der Waals surface area contributed by atoms with Crippen molar-refractivity contribution in [2.45, 2.75) is 6.54 Å². The van der Waals surface area contributed by atoms with Crippen molar-refractivity contribution in [3.63, 3.8) is 0 Å². The molecule has 0 fully saturated rings. The van der Waals surface area contributed by atoms with E-state index in [1.165, 1.54) is 7.11 Å². The molecule has 0 spiro atoms. The fraction of sp³-hybridized carbons (Fsp3) is 0.300. The third-order valence-corrected chi connectivity index (χ3v) is 4.33. The van der Waals surface area contributed by atoms with Crippen LogP contribution in [0, 0.1) is 0 Å². The summed E-state index contributed by atoms with van der Waals surface area (Å²) in [5.74, 6) is 0.951. The van der Waals surface area contributed by atoms with Gasteiger partial charge in [-0.2, -0.15) is 0 Å². The van der Waals surface area contributed by atoms with E-state index in [0.29, 0.717) is 42.7 Å². The van der Waals surface area contributed by atoms with Crippen LogP contribution >= 0.6 is 11.6 Å². The fourth-order valence-corrected chi connectivity index (χ4v) is 2.81. The van der Waals surface area contributed by atoms with Crippen molar-refractivity contribution in [3.05, 3.63) is 48.0 Å². The van der Waals surface area contributed by atoms with Gasteiger partial charge in [0.05, 0.1) is 13.7 Å². The van der Waals surface area contributed by atoms with Gasteiger partial charge in [-0.15, -0.1) is 11.6 Å². The Morgan fingerprint density at radius 3 is 2.46 bits per heavy atom. The molecule has 0 saturated heterocycles. The molecule has 0 N–H and O–H groups in total. The number of carbonyl (C=O) groups excluding carboxylic acids is 2. The van der Waals surface area contributed by atoms with Gasteiger partial charge in [0.1, 0.15) is 24.8 Å². The zero-order valence-corrected chi connectivity index (χ0v) is 16.1. The molecule has 3 rings (SSSR count). The van der Waals surface area contributed by atoms with Crippen molar-refractivity contribution in [1.82, 2.24) is 0 Å². The van der Waals surface area contributed by atoms with Crippen LogP contribution in [-0.4, -0.2) is 44.7 Å². The average Bonchev–Trinajstić information content (AvgIpc) is 2.75. The van der Waals surface area contributed by atoms with Gasteiger partial charge in [0.2, 0.25) is 5.91 Å². The summed E-state index contributed by atoms with van der Waals surface area (Å²) in [5.41, 5.74) is 1.54. The molecular weight excluding hydrogens is 386 g/mol. The second kappa shape index (κ2) is 9.32. The summed E-state index contributed by atoms with van der Waals surface area (Å²) in [5, 5.41) is 0. The average molecular weight is 406 g/mol. The van der Waals surface area contributed by atoms with Gasteiger partial charge in [0, 0.05) is 11.8 Å². The van der Waals surface area contributed by atoms with Gasteiger partial charge in [0.25, 0.3) is 0 Å². The van der Waals surface area contributed by atoms with Crippen LogP contribution in [-0.2, 0) is 20.9 Å². The lowest BCUT2D eigenvalue weighted by atomic mass is 10.1. The summed E-state index contributed by atoms with van der Waals surface area (Å²) in [4.78, 5) is 25.1. The molecule has 2 aromatic carbocycles. The molecule has 0 unspecified atom stereocenters. The smallest absolute Gasteiger partial charge is 0.343 e. The lowest BCUT2D eigenvalue weighted by Crippen LogP contribution is -2.31. The normalized spacial score (nSPS) is 12.2. The number of nitrogens with zero attached hydrogens (tertiary/aromatic N) is 1. The van der Waals surface area contributed by atoms with E-state index < -0.39 is 5.97 Å². The Morgan fingerprint density at radius 1 is 1.07 bits per heavy atom. The van der Waals surface area contributed by atoms with Crippen molar-refractivity contribution < 1.29 is 28.5 Å². The number of carbonyl (C=O) groups is 2. The number of esters is 1. The number of methoxy groups -OCH3 is 1. The van der Waals surface area contributed by atoms with E-state index >= 15 is 0 Å². The molecule has 0 atom stereocenters.